The van der Waals surface area contributed by atoms with Crippen molar-refractivity contribution >= 4 is 39.2 Å². The normalized spacial score (nSPS) is 17.6. The molecule has 0 spiro atoms. The van der Waals surface area contributed by atoms with Crippen molar-refractivity contribution < 1.29 is 35.9 Å². The lowest BCUT2D eigenvalue weighted by atomic mass is 9.98. The molecule has 1 saturated heterocycles. The Balaban J connectivity index is 1.94. The summed E-state index contributed by atoms with van der Waals surface area (Å²) in [6.45, 7) is 1.63. The number of hydrogen-bond acceptors (Lipinski definition) is 5. The van der Waals surface area contributed by atoms with Crippen LogP contribution in [0.3, 0.4) is 0 Å². The van der Waals surface area contributed by atoms with Crippen molar-refractivity contribution in [3.05, 3.63) is 28.8 Å². The van der Waals surface area contributed by atoms with Crippen molar-refractivity contribution in [3.8, 4) is 0 Å². The first-order chi connectivity index (χ1) is 13.3. The third-order valence-electron chi connectivity index (χ3n) is 4.46. The van der Waals surface area contributed by atoms with Crippen LogP contribution in [0, 0.1) is 5.92 Å². The molecule has 0 unspecified atom stereocenters. The van der Waals surface area contributed by atoms with Gasteiger partial charge in [0.1, 0.15) is 0 Å². The van der Waals surface area contributed by atoms with Crippen molar-refractivity contribution in [1.82, 2.24) is 4.31 Å². The van der Waals surface area contributed by atoms with E-state index in [-0.39, 0.29) is 31.6 Å². The highest BCUT2D eigenvalue weighted by molar-refractivity contribution is 7.88. The number of benzene rings is 1. The number of rotatable bonds is 5. The van der Waals surface area contributed by atoms with Gasteiger partial charge in [0.15, 0.2) is 6.10 Å². The molecule has 2 rings (SSSR count). The number of amides is 1. The first-order valence-electron chi connectivity index (χ1n) is 8.62. The van der Waals surface area contributed by atoms with Crippen molar-refractivity contribution in [1.29, 1.82) is 0 Å². The number of carbonyl (C=O) groups excluding carboxylic acids is 2. The average molecular weight is 457 g/mol. The van der Waals surface area contributed by atoms with E-state index >= 15 is 0 Å². The zero-order valence-corrected chi connectivity index (χ0v) is 17.2. The molecule has 1 atom stereocenters. The van der Waals surface area contributed by atoms with Crippen LogP contribution in [0.15, 0.2) is 18.2 Å². The Bertz CT molecular complexity index is 884. The number of ether oxygens (including phenoxy) is 1. The highest BCUT2D eigenvalue weighted by Gasteiger charge is 2.34. The van der Waals surface area contributed by atoms with Crippen LogP contribution in [-0.2, 0) is 30.5 Å². The molecule has 0 aromatic heterocycles. The van der Waals surface area contributed by atoms with Gasteiger partial charge in [-0.05, 0) is 38.0 Å². The second-order valence-electron chi connectivity index (χ2n) is 6.70. The van der Waals surface area contributed by atoms with Crippen LogP contribution in [0.4, 0.5) is 18.9 Å². The summed E-state index contributed by atoms with van der Waals surface area (Å²) in [6, 6.07) is 2.90. The quantitative estimate of drug-likeness (QED) is 0.688. The molecule has 1 aliphatic heterocycles. The van der Waals surface area contributed by atoms with Gasteiger partial charge in [-0.2, -0.15) is 13.2 Å². The summed E-state index contributed by atoms with van der Waals surface area (Å²) in [5.41, 5.74) is -1.24. The van der Waals surface area contributed by atoms with E-state index in [2.05, 4.69) is 5.32 Å². The van der Waals surface area contributed by atoms with Crippen molar-refractivity contribution in [3.63, 3.8) is 0 Å². The number of alkyl halides is 3. The number of nitrogens with one attached hydrogen (secondary N) is 1. The van der Waals surface area contributed by atoms with Gasteiger partial charge in [0.25, 0.3) is 5.91 Å². The van der Waals surface area contributed by atoms with Gasteiger partial charge in [-0.15, -0.1) is 0 Å². The van der Waals surface area contributed by atoms with Crippen LogP contribution in [-0.4, -0.2) is 50.0 Å². The van der Waals surface area contributed by atoms with Crippen LogP contribution < -0.4 is 5.32 Å². The van der Waals surface area contributed by atoms with Gasteiger partial charge in [0.2, 0.25) is 10.0 Å². The Labute approximate surface area is 171 Å². The van der Waals surface area contributed by atoms with Crippen molar-refractivity contribution in [2.45, 2.75) is 32.0 Å². The molecule has 1 N–H and O–H groups in total. The summed E-state index contributed by atoms with van der Waals surface area (Å²) in [7, 11) is -3.34. The van der Waals surface area contributed by atoms with Crippen molar-refractivity contribution in [2.75, 3.05) is 24.7 Å². The maximum absolute atomic E-state index is 12.9. The fourth-order valence-electron chi connectivity index (χ4n) is 2.81. The second kappa shape index (κ2) is 8.88. The van der Waals surface area contributed by atoms with Crippen molar-refractivity contribution in [2.24, 2.45) is 5.92 Å². The molecule has 162 valence electrons. The van der Waals surface area contributed by atoms with E-state index in [1.54, 1.807) is 0 Å². The Morgan fingerprint density at radius 3 is 2.38 bits per heavy atom. The zero-order chi connectivity index (χ0) is 22.0. The number of nitrogens with zero attached hydrogens (tertiary/aromatic N) is 1. The molecule has 1 fully saturated rings. The number of anilines is 1. The first-order valence-corrected chi connectivity index (χ1v) is 10.8. The third-order valence-corrected chi connectivity index (χ3v) is 6.09. The van der Waals surface area contributed by atoms with Gasteiger partial charge in [-0.1, -0.05) is 11.6 Å². The van der Waals surface area contributed by atoms with Crippen LogP contribution in [0.2, 0.25) is 5.02 Å². The van der Waals surface area contributed by atoms with Gasteiger partial charge in [-0.3, -0.25) is 9.59 Å². The van der Waals surface area contributed by atoms with E-state index in [1.165, 1.54) is 17.3 Å². The Hall–Kier alpha value is -1.85. The van der Waals surface area contributed by atoms with E-state index in [0.29, 0.717) is 6.07 Å². The number of piperidine rings is 1. The fraction of sp³-hybridized carbons (Fsp3) is 0.529. The molecule has 1 aromatic carbocycles. The number of carbonyl (C=O) groups is 2. The number of halogens is 4. The topological polar surface area (TPSA) is 92.8 Å². The van der Waals surface area contributed by atoms with Crippen LogP contribution >= 0.6 is 11.6 Å². The average Bonchev–Trinajstić information content (AvgIpc) is 2.61. The van der Waals surface area contributed by atoms with Gasteiger partial charge in [-0.25, -0.2) is 12.7 Å². The molecule has 7 nitrogen and oxygen atoms in total. The number of hydrogen-bond donors (Lipinski definition) is 1. The number of sulfonamides is 1. The molecule has 12 heteroatoms. The highest BCUT2D eigenvalue weighted by Crippen LogP contribution is 2.36. The maximum Gasteiger partial charge on any atom is 0.417 e. The summed E-state index contributed by atoms with van der Waals surface area (Å²) in [4.78, 5) is 24.4. The molecule has 1 amide bonds. The second-order valence-corrected chi connectivity index (χ2v) is 9.09. The maximum atomic E-state index is 12.9. The van der Waals surface area contributed by atoms with Gasteiger partial charge >= 0.3 is 12.1 Å². The highest BCUT2D eigenvalue weighted by atomic mass is 35.5. The summed E-state index contributed by atoms with van der Waals surface area (Å²) in [5.74, 6) is -2.02. The molecule has 0 radical (unpaired) electrons. The SMILES string of the molecule is C[C@@H](OC(=O)C1CCN(S(C)(=O)=O)CC1)C(=O)Nc1ccc(Cl)c(C(F)(F)F)c1. The van der Waals surface area contributed by atoms with Gasteiger partial charge in [0, 0.05) is 18.8 Å². The molecular weight excluding hydrogens is 437 g/mol. The number of esters is 1. The summed E-state index contributed by atoms with van der Waals surface area (Å²) < 4.78 is 68.0. The molecule has 0 bridgehead atoms. The largest absolute Gasteiger partial charge is 0.452 e. The molecule has 1 aromatic rings. The summed E-state index contributed by atoms with van der Waals surface area (Å²) in [5, 5.41) is 1.75. The van der Waals surface area contributed by atoms with Crippen LogP contribution in [0.5, 0.6) is 0 Å². The van der Waals surface area contributed by atoms with Gasteiger partial charge in [0.05, 0.1) is 22.8 Å². The smallest absolute Gasteiger partial charge is 0.417 e. The third kappa shape index (κ3) is 6.31. The van der Waals surface area contributed by atoms with Crippen LogP contribution in [0.25, 0.3) is 0 Å². The summed E-state index contributed by atoms with van der Waals surface area (Å²) >= 11 is 5.53. The Kier molecular flexibility index (Phi) is 7.18. The van der Waals surface area contributed by atoms with Crippen LogP contribution in [0.1, 0.15) is 25.3 Å². The molecule has 1 aliphatic rings. The minimum atomic E-state index is -4.68. The molecule has 0 aliphatic carbocycles. The molecule has 29 heavy (non-hydrogen) atoms. The fourth-order valence-corrected chi connectivity index (χ4v) is 3.91. The van der Waals surface area contributed by atoms with E-state index in [4.69, 9.17) is 16.3 Å². The Morgan fingerprint density at radius 1 is 1.28 bits per heavy atom. The first kappa shape index (κ1) is 23.4. The van der Waals surface area contributed by atoms with Gasteiger partial charge < -0.3 is 10.1 Å². The molecule has 0 saturated carbocycles. The Morgan fingerprint density at radius 2 is 1.86 bits per heavy atom. The predicted molar refractivity (Wildman–Crippen MR) is 99.8 cm³/mol. The minimum absolute atomic E-state index is 0.143. The van der Waals surface area contributed by atoms with E-state index in [0.717, 1.165) is 12.3 Å². The zero-order valence-electron chi connectivity index (χ0n) is 15.6. The van der Waals surface area contributed by atoms with E-state index < -0.39 is 50.7 Å². The predicted octanol–water partition coefficient (Wildman–Crippen LogP) is 2.90. The monoisotopic (exact) mass is 456 g/mol. The van der Waals surface area contributed by atoms with E-state index in [9.17, 15) is 31.2 Å². The summed E-state index contributed by atoms with van der Waals surface area (Å²) in [6.07, 6.45) is -4.34. The standard InChI is InChI=1S/C17H20ClF3N2O5S/c1-10(28-16(25)11-5-7-23(8-6-11)29(2,26)27)15(24)22-12-3-4-14(18)13(9-12)17(19,20)21/h3-4,9-11H,5-8H2,1-2H3,(H,22,24)/t10-/m1/s1. The molecular formula is C17H20ClF3N2O5S. The lowest BCUT2D eigenvalue weighted by Gasteiger charge is -2.29. The molecule has 1 heterocycles. The minimum Gasteiger partial charge on any atom is -0.452 e. The van der Waals surface area contributed by atoms with E-state index in [1.807, 2.05) is 0 Å². The lowest BCUT2D eigenvalue weighted by Crippen LogP contribution is -2.41. The lowest BCUT2D eigenvalue weighted by molar-refractivity contribution is -0.158.